The second-order valence-corrected chi connectivity index (χ2v) is 6.74. The molecule has 114 valence electrons. The van der Waals surface area contributed by atoms with Crippen molar-refractivity contribution in [1.29, 1.82) is 0 Å². The second-order valence-electron chi connectivity index (χ2n) is 6.49. The standard InChI is InChI=1S/C15H25ClN2O2/c1-6-10(2)11-13(19)17-12(15(3,4)5)14(20)18(11)9-7-8-16/h7-8,10-12H,6,9H2,1-5H3,(H,17,19)/b8-7+. The van der Waals surface area contributed by atoms with E-state index in [1.54, 1.807) is 11.0 Å². The van der Waals surface area contributed by atoms with E-state index in [1.807, 2.05) is 34.6 Å². The normalized spacial score (nSPS) is 26.0. The number of piperazine rings is 1. The van der Waals surface area contributed by atoms with E-state index >= 15 is 0 Å². The molecule has 4 nitrogen and oxygen atoms in total. The van der Waals surface area contributed by atoms with E-state index < -0.39 is 12.1 Å². The minimum atomic E-state index is -0.487. The van der Waals surface area contributed by atoms with Crippen molar-refractivity contribution in [2.24, 2.45) is 11.3 Å². The van der Waals surface area contributed by atoms with Gasteiger partial charge >= 0.3 is 0 Å². The fourth-order valence-electron chi connectivity index (χ4n) is 2.47. The Labute approximate surface area is 126 Å². The van der Waals surface area contributed by atoms with Crippen LogP contribution in [0.5, 0.6) is 0 Å². The number of halogens is 1. The van der Waals surface area contributed by atoms with Gasteiger partial charge in [0.15, 0.2) is 0 Å². The third-order valence-electron chi connectivity index (χ3n) is 3.86. The van der Waals surface area contributed by atoms with Crippen molar-refractivity contribution in [3.05, 3.63) is 11.6 Å². The molecule has 0 bridgehead atoms. The summed E-state index contributed by atoms with van der Waals surface area (Å²) >= 11 is 5.57. The summed E-state index contributed by atoms with van der Waals surface area (Å²) in [5.74, 6) is 0.0163. The molecule has 3 unspecified atom stereocenters. The molecular formula is C15H25ClN2O2. The Morgan fingerprint density at radius 2 is 2.00 bits per heavy atom. The van der Waals surface area contributed by atoms with Gasteiger partial charge in [-0.15, -0.1) is 0 Å². The summed E-state index contributed by atoms with van der Waals surface area (Å²) in [6.45, 7) is 10.2. The Morgan fingerprint density at radius 3 is 2.45 bits per heavy atom. The summed E-state index contributed by atoms with van der Waals surface area (Å²) in [7, 11) is 0. The average molecular weight is 301 g/mol. The van der Waals surface area contributed by atoms with E-state index in [1.165, 1.54) is 5.54 Å². The van der Waals surface area contributed by atoms with E-state index in [0.717, 1.165) is 6.42 Å². The van der Waals surface area contributed by atoms with Crippen LogP contribution in [0.25, 0.3) is 0 Å². The van der Waals surface area contributed by atoms with E-state index in [2.05, 4.69) is 5.32 Å². The molecule has 1 heterocycles. The quantitative estimate of drug-likeness (QED) is 0.867. The molecule has 1 N–H and O–H groups in total. The van der Waals surface area contributed by atoms with Crippen molar-refractivity contribution in [1.82, 2.24) is 10.2 Å². The van der Waals surface area contributed by atoms with Crippen LogP contribution in [0.4, 0.5) is 0 Å². The Morgan fingerprint density at radius 1 is 1.40 bits per heavy atom. The minimum Gasteiger partial charge on any atom is -0.342 e. The lowest BCUT2D eigenvalue weighted by molar-refractivity contribution is -0.153. The summed E-state index contributed by atoms with van der Waals surface area (Å²) < 4.78 is 0. The van der Waals surface area contributed by atoms with Crippen LogP contribution < -0.4 is 5.32 Å². The predicted octanol–water partition coefficient (Wildman–Crippen LogP) is 2.53. The second kappa shape index (κ2) is 6.61. The molecule has 1 saturated heterocycles. The lowest BCUT2D eigenvalue weighted by Crippen LogP contribution is -2.67. The first kappa shape index (κ1) is 17.0. The number of amides is 2. The molecular weight excluding hydrogens is 276 g/mol. The first-order valence-electron chi connectivity index (χ1n) is 7.10. The summed E-state index contributed by atoms with van der Waals surface area (Å²) in [5.41, 5.74) is 1.08. The van der Waals surface area contributed by atoms with Crippen LogP contribution >= 0.6 is 11.6 Å². The highest BCUT2D eigenvalue weighted by Crippen LogP contribution is 2.28. The SMILES string of the molecule is CCC(C)C1C(=O)NC(C(C)(C)C)C(=O)N1C/C=C/Cl. The van der Waals surface area contributed by atoms with Gasteiger partial charge in [0.1, 0.15) is 12.1 Å². The number of hydrogen-bond donors (Lipinski definition) is 1. The molecule has 0 saturated carbocycles. The molecule has 1 aliphatic heterocycles. The van der Waals surface area contributed by atoms with Crippen LogP contribution in [-0.4, -0.2) is 35.3 Å². The highest BCUT2D eigenvalue weighted by atomic mass is 35.5. The van der Waals surface area contributed by atoms with Crippen molar-refractivity contribution in [2.75, 3.05) is 6.54 Å². The molecule has 20 heavy (non-hydrogen) atoms. The maximum Gasteiger partial charge on any atom is 0.246 e. The van der Waals surface area contributed by atoms with Gasteiger partial charge in [-0.1, -0.05) is 58.7 Å². The molecule has 5 heteroatoms. The first-order chi connectivity index (χ1) is 9.23. The van der Waals surface area contributed by atoms with Crippen LogP contribution in [0.3, 0.4) is 0 Å². The van der Waals surface area contributed by atoms with Gasteiger partial charge in [-0.2, -0.15) is 0 Å². The molecule has 0 spiro atoms. The van der Waals surface area contributed by atoms with Crippen LogP contribution in [0.15, 0.2) is 11.6 Å². The third kappa shape index (κ3) is 3.54. The Balaban J connectivity index is 3.10. The van der Waals surface area contributed by atoms with E-state index in [-0.39, 0.29) is 23.1 Å². The molecule has 2 amide bonds. The molecule has 1 fully saturated rings. The van der Waals surface area contributed by atoms with E-state index in [4.69, 9.17) is 11.6 Å². The largest absolute Gasteiger partial charge is 0.342 e. The minimum absolute atomic E-state index is 0.0304. The number of carbonyl (C=O) groups excluding carboxylic acids is 2. The summed E-state index contributed by atoms with van der Waals surface area (Å²) in [5, 5.41) is 2.89. The molecule has 0 aromatic rings. The maximum absolute atomic E-state index is 12.7. The monoisotopic (exact) mass is 300 g/mol. The van der Waals surface area contributed by atoms with Gasteiger partial charge in [0.2, 0.25) is 11.8 Å². The van der Waals surface area contributed by atoms with Gasteiger partial charge in [-0.25, -0.2) is 0 Å². The summed E-state index contributed by atoms with van der Waals surface area (Å²) in [6.07, 6.45) is 2.54. The van der Waals surface area contributed by atoms with Crippen molar-refractivity contribution in [3.8, 4) is 0 Å². The molecule has 1 rings (SSSR count). The van der Waals surface area contributed by atoms with Gasteiger partial charge in [0.25, 0.3) is 0 Å². The van der Waals surface area contributed by atoms with Crippen molar-refractivity contribution < 1.29 is 9.59 Å². The highest BCUT2D eigenvalue weighted by Gasteiger charge is 2.46. The van der Waals surface area contributed by atoms with E-state index in [0.29, 0.717) is 6.54 Å². The van der Waals surface area contributed by atoms with E-state index in [9.17, 15) is 9.59 Å². The van der Waals surface area contributed by atoms with Gasteiger partial charge in [0.05, 0.1) is 0 Å². The number of nitrogens with one attached hydrogen (secondary N) is 1. The smallest absolute Gasteiger partial charge is 0.246 e. The topological polar surface area (TPSA) is 49.4 Å². The Hall–Kier alpha value is -1.03. The van der Waals surface area contributed by atoms with Crippen LogP contribution in [-0.2, 0) is 9.59 Å². The van der Waals surface area contributed by atoms with Crippen LogP contribution in [0.1, 0.15) is 41.0 Å². The zero-order valence-corrected chi connectivity index (χ0v) is 13.7. The number of hydrogen-bond acceptors (Lipinski definition) is 2. The Kier molecular flexibility index (Phi) is 5.63. The molecule has 1 aliphatic rings. The average Bonchev–Trinajstić information content (AvgIpc) is 2.36. The van der Waals surface area contributed by atoms with Gasteiger partial charge in [0, 0.05) is 12.1 Å². The maximum atomic E-state index is 12.7. The third-order valence-corrected chi connectivity index (χ3v) is 4.04. The van der Waals surface area contributed by atoms with Gasteiger partial charge in [-0.3, -0.25) is 9.59 Å². The fourth-order valence-corrected chi connectivity index (χ4v) is 2.55. The van der Waals surface area contributed by atoms with Gasteiger partial charge in [-0.05, 0) is 11.3 Å². The zero-order valence-electron chi connectivity index (χ0n) is 12.9. The van der Waals surface area contributed by atoms with Crippen LogP contribution in [0, 0.1) is 11.3 Å². The van der Waals surface area contributed by atoms with Crippen molar-refractivity contribution >= 4 is 23.4 Å². The van der Waals surface area contributed by atoms with Gasteiger partial charge < -0.3 is 10.2 Å². The molecule has 0 radical (unpaired) electrons. The zero-order chi connectivity index (χ0) is 15.5. The van der Waals surface area contributed by atoms with Crippen LogP contribution in [0.2, 0.25) is 0 Å². The first-order valence-corrected chi connectivity index (χ1v) is 7.53. The molecule has 0 aromatic carbocycles. The lowest BCUT2D eigenvalue weighted by Gasteiger charge is -2.44. The summed E-state index contributed by atoms with van der Waals surface area (Å²) in [6, 6.07) is -0.905. The van der Waals surface area contributed by atoms with Crippen molar-refractivity contribution in [2.45, 2.75) is 53.1 Å². The Bertz CT molecular complexity index is 401. The number of rotatable bonds is 4. The lowest BCUT2D eigenvalue weighted by atomic mass is 9.82. The molecule has 0 aliphatic carbocycles. The molecule has 0 aromatic heterocycles. The van der Waals surface area contributed by atoms with Crippen molar-refractivity contribution in [3.63, 3.8) is 0 Å². The highest BCUT2D eigenvalue weighted by molar-refractivity contribution is 6.25. The molecule has 3 atom stereocenters. The number of carbonyl (C=O) groups is 2. The fraction of sp³-hybridized carbons (Fsp3) is 0.733. The number of nitrogens with zero attached hydrogens (tertiary/aromatic N) is 1. The predicted molar refractivity (Wildman–Crippen MR) is 81.3 cm³/mol. The summed E-state index contributed by atoms with van der Waals surface area (Å²) in [4.78, 5) is 26.8.